The summed E-state index contributed by atoms with van der Waals surface area (Å²) in [5, 5.41) is 9.79. The number of hydrogen-bond acceptors (Lipinski definition) is 6. The highest BCUT2D eigenvalue weighted by Crippen LogP contribution is 2.33. The third kappa shape index (κ3) is 5.27. The summed E-state index contributed by atoms with van der Waals surface area (Å²) in [6, 6.07) is 2.68. The normalized spacial score (nSPS) is 15.2. The Morgan fingerprint density at radius 1 is 1.27 bits per heavy atom. The second-order valence-electron chi connectivity index (χ2n) is 8.20. The zero-order valence-electron chi connectivity index (χ0n) is 17.4. The molecule has 2 aromatic rings. The van der Waals surface area contributed by atoms with Crippen LogP contribution in [0.4, 0.5) is 9.18 Å². The predicted molar refractivity (Wildman–Crippen MR) is 111 cm³/mol. The van der Waals surface area contributed by atoms with Crippen molar-refractivity contribution in [1.29, 1.82) is 0 Å². The number of piperidine rings is 1. The number of carbonyl (C=O) groups is 2. The van der Waals surface area contributed by atoms with Crippen LogP contribution in [0, 0.1) is 12.7 Å². The van der Waals surface area contributed by atoms with Gasteiger partial charge >= 0.3 is 12.1 Å². The fourth-order valence-electron chi connectivity index (χ4n) is 3.13. The van der Waals surface area contributed by atoms with Crippen molar-refractivity contribution in [2.75, 3.05) is 13.1 Å². The number of thiazole rings is 1. The van der Waals surface area contributed by atoms with Crippen molar-refractivity contribution in [2.24, 2.45) is 0 Å². The Morgan fingerprint density at radius 2 is 1.93 bits per heavy atom. The van der Waals surface area contributed by atoms with E-state index in [0.717, 1.165) is 4.88 Å². The molecule has 0 bridgehead atoms. The van der Waals surface area contributed by atoms with Gasteiger partial charge in [-0.1, -0.05) is 0 Å². The Balaban J connectivity index is 1.74. The molecule has 162 valence electrons. The summed E-state index contributed by atoms with van der Waals surface area (Å²) >= 11 is 1.28. The average Bonchev–Trinajstić information content (AvgIpc) is 3.08. The van der Waals surface area contributed by atoms with Crippen LogP contribution >= 0.6 is 11.3 Å². The quantitative estimate of drug-likeness (QED) is 0.745. The molecule has 0 saturated carbocycles. The number of carboxylic acid groups (broad SMARTS) is 1. The minimum Gasteiger partial charge on any atom is -0.490 e. The highest BCUT2D eigenvalue weighted by atomic mass is 32.1. The fraction of sp³-hybridized carbons (Fsp3) is 0.476. The van der Waals surface area contributed by atoms with E-state index < -0.39 is 23.0 Å². The van der Waals surface area contributed by atoms with Crippen molar-refractivity contribution in [3.8, 4) is 16.3 Å². The number of nitrogens with zero attached hydrogens (tertiary/aromatic N) is 2. The van der Waals surface area contributed by atoms with Crippen LogP contribution in [0.3, 0.4) is 0 Å². The molecule has 30 heavy (non-hydrogen) atoms. The van der Waals surface area contributed by atoms with Crippen LogP contribution in [0.2, 0.25) is 0 Å². The molecule has 0 spiro atoms. The van der Waals surface area contributed by atoms with E-state index in [9.17, 15) is 19.1 Å². The lowest BCUT2D eigenvalue weighted by Crippen LogP contribution is -2.44. The number of likely N-dealkylation sites (tertiary alicyclic amines) is 1. The van der Waals surface area contributed by atoms with E-state index in [1.807, 2.05) is 27.7 Å². The Labute approximate surface area is 178 Å². The van der Waals surface area contributed by atoms with Crippen LogP contribution in [-0.4, -0.2) is 51.8 Å². The van der Waals surface area contributed by atoms with Gasteiger partial charge in [-0.3, -0.25) is 0 Å². The third-order valence-electron chi connectivity index (χ3n) is 4.52. The summed E-state index contributed by atoms with van der Waals surface area (Å²) in [5.41, 5.74) is -0.910. The van der Waals surface area contributed by atoms with Gasteiger partial charge in [-0.25, -0.2) is 19.0 Å². The fourth-order valence-corrected chi connectivity index (χ4v) is 3.91. The van der Waals surface area contributed by atoms with E-state index in [1.165, 1.54) is 23.5 Å². The lowest BCUT2D eigenvalue weighted by molar-refractivity contribution is 0.0126. The number of benzene rings is 1. The Kier molecular flexibility index (Phi) is 6.30. The third-order valence-corrected chi connectivity index (χ3v) is 5.47. The lowest BCUT2D eigenvalue weighted by Gasteiger charge is -2.33. The number of aromatic nitrogens is 1. The topological polar surface area (TPSA) is 89.0 Å². The van der Waals surface area contributed by atoms with E-state index in [-0.39, 0.29) is 23.5 Å². The molecule has 1 fully saturated rings. The van der Waals surface area contributed by atoms with E-state index in [0.29, 0.717) is 30.9 Å². The molecule has 1 saturated heterocycles. The minimum absolute atomic E-state index is 0.106. The molecule has 1 aliphatic rings. The number of ether oxygens (including phenoxy) is 2. The highest BCUT2D eigenvalue weighted by molar-refractivity contribution is 7.14. The maximum atomic E-state index is 14.7. The molecule has 1 aliphatic heterocycles. The van der Waals surface area contributed by atoms with E-state index in [4.69, 9.17) is 9.47 Å². The number of hydrogen-bond donors (Lipinski definition) is 1. The van der Waals surface area contributed by atoms with Crippen LogP contribution in [0.1, 0.15) is 48.8 Å². The van der Waals surface area contributed by atoms with Crippen LogP contribution in [0.15, 0.2) is 18.3 Å². The largest absolute Gasteiger partial charge is 0.490 e. The van der Waals surface area contributed by atoms with Gasteiger partial charge in [0, 0.05) is 37.0 Å². The molecule has 2 heterocycles. The van der Waals surface area contributed by atoms with Crippen LogP contribution in [0.5, 0.6) is 5.75 Å². The molecular weight excluding hydrogens is 411 g/mol. The van der Waals surface area contributed by atoms with Gasteiger partial charge in [-0.15, -0.1) is 11.3 Å². The number of carbonyl (C=O) groups excluding carboxylic acids is 1. The van der Waals surface area contributed by atoms with Crippen molar-refractivity contribution in [3.05, 3.63) is 34.6 Å². The zero-order chi connectivity index (χ0) is 22.1. The molecule has 1 amide bonds. The number of aromatic carboxylic acids is 1. The van der Waals surface area contributed by atoms with Crippen molar-refractivity contribution in [3.63, 3.8) is 0 Å². The van der Waals surface area contributed by atoms with Crippen molar-refractivity contribution >= 4 is 23.4 Å². The maximum absolute atomic E-state index is 14.7. The molecule has 1 aromatic carbocycles. The smallest absolute Gasteiger partial charge is 0.410 e. The zero-order valence-corrected chi connectivity index (χ0v) is 18.2. The van der Waals surface area contributed by atoms with Crippen LogP contribution in [0.25, 0.3) is 10.6 Å². The summed E-state index contributed by atoms with van der Waals surface area (Å²) in [7, 11) is 0. The summed E-state index contributed by atoms with van der Waals surface area (Å²) in [6.07, 6.45) is 2.15. The molecule has 7 nitrogen and oxygen atoms in total. The SMILES string of the molecule is Cc1cnc(-c2cc(OC3CCN(C(=O)OC(C)(C)C)CC3)cc(C(=O)O)c2F)s1. The van der Waals surface area contributed by atoms with Gasteiger partial charge in [0.05, 0.1) is 11.1 Å². The van der Waals surface area contributed by atoms with Crippen LogP contribution in [-0.2, 0) is 4.74 Å². The molecule has 3 rings (SSSR count). The Hall–Kier alpha value is -2.68. The van der Waals surface area contributed by atoms with Gasteiger partial charge in [0.2, 0.25) is 0 Å². The first kappa shape index (κ1) is 22.0. The number of carboxylic acids is 1. The minimum atomic E-state index is -1.37. The first-order valence-corrected chi connectivity index (χ1v) is 10.5. The maximum Gasteiger partial charge on any atom is 0.410 e. The van der Waals surface area contributed by atoms with Gasteiger partial charge in [0.25, 0.3) is 0 Å². The lowest BCUT2D eigenvalue weighted by atomic mass is 10.1. The Morgan fingerprint density at radius 3 is 2.47 bits per heavy atom. The summed E-state index contributed by atoms with van der Waals surface area (Å²) in [5.74, 6) is -1.93. The molecular formula is C21H25FN2O5S. The van der Waals surface area contributed by atoms with Crippen molar-refractivity contribution in [1.82, 2.24) is 9.88 Å². The van der Waals surface area contributed by atoms with Crippen LogP contribution < -0.4 is 4.74 Å². The van der Waals surface area contributed by atoms with Gasteiger partial charge in [-0.05, 0) is 39.8 Å². The monoisotopic (exact) mass is 436 g/mol. The molecule has 0 aliphatic carbocycles. The molecule has 0 radical (unpaired) electrons. The van der Waals surface area contributed by atoms with E-state index >= 15 is 0 Å². The summed E-state index contributed by atoms with van der Waals surface area (Å²) < 4.78 is 26.1. The first-order valence-electron chi connectivity index (χ1n) is 9.67. The van der Waals surface area contributed by atoms with Crippen molar-refractivity contribution in [2.45, 2.75) is 52.2 Å². The Bertz CT molecular complexity index is 945. The number of rotatable bonds is 4. The molecule has 1 aromatic heterocycles. The summed E-state index contributed by atoms with van der Waals surface area (Å²) in [4.78, 5) is 30.4. The standard InChI is InChI=1S/C21H25FN2O5S/c1-12-11-23-18(30-12)15-9-14(10-16(17(15)22)19(25)26)28-13-5-7-24(8-6-13)20(27)29-21(2,3)4/h9-11,13H,5-8H2,1-4H3,(H,25,26). The van der Waals surface area contributed by atoms with Gasteiger partial charge < -0.3 is 19.5 Å². The molecule has 0 unspecified atom stereocenters. The van der Waals surface area contributed by atoms with Gasteiger partial charge in [-0.2, -0.15) is 0 Å². The van der Waals surface area contributed by atoms with Gasteiger partial charge in [0.15, 0.2) is 0 Å². The van der Waals surface area contributed by atoms with E-state index in [2.05, 4.69) is 4.98 Å². The summed E-state index contributed by atoms with van der Waals surface area (Å²) in [6.45, 7) is 8.22. The number of amides is 1. The number of aryl methyl sites for hydroxylation is 1. The second kappa shape index (κ2) is 8.59. The van der Waals surface area contributed by atoms with Crippen molar-refractivity contribution < 1.29 is 28.6 Å². The highest BCUT2D eigenvalue weighted by Gasteiger charge is 2.28. The molecule has 9 heteroatoms. The average molecular weight is 437 g/mol. The first-order chi connectivity index (χ1) is 14.0. The number of halogens is 1. The molecule has 0 atom stereocenters. The van der Waals surface area contributed by atoms with Gasteiger partial charge in [0.1, 0.15) is 28.3 Å². The molecule has 1 N–H and O–H groups in total. The second-order valence-corrected chi connectivity index (χ2v) is 9.43. The predicted octanol–water partition coefficient (Wildman–Crippen LogP) is 4.73. The van der Waals surface area contributed by atoms with E-state index in [1.54, 1.807) is 11.1 Å².